The first-order valence-corrected chi connectivity index (χ1v) is 13.4. The summed E-state index contributed by atoms with van der Waals surface area (Å²) in [6.07, 6.45) is 1.60. The van der Waals surface area contributed by atoms with Crippen LogP contribution < -0.4 is 0 Å². The molecule has 190 valence electrons. The van der Waals surface area contributed by atoms with E-state index >= 15 is 0 Å². The van der Waals surface area contributed by atoms with E-state index in [1.807, 2.05) is 84.9 Å². The van der Waals surface area contributed by atoms with Crippen molar-refractivity contribution in [2.45, 2.75) is 38.6 Å². The van der Waals surface area contributed by atoms with Crippen molar-refractivity contribution in [3.63, 3.8) is 0 Å². The molecule has 3 heterocycles. The average Bonchev–Trinajstić information content (AvgIpc) is 3.60. The van der Waals surface area contributed by atoms with Crippen LogP contribution in [0, 0.1) is 6.92 Å². The van der Waals surface area contributed by atoms with Crippen molar-refractivity contribution in [3.8, 4) is 11.3 Å². The van der Waals surface area contributed by atoms with Gasteiger partial charge in [0.15, 0.2) is 0 Å². The maximum absolute atomic E-state index is 13.4. The van der Waals surface area contributed by atoms with Crippen molar-refractivity contribution in [1.82, 2.24) is 19.9 Å². The molecule has 8 heteroatoms. The Morgan fingerprint density at radius 3 is 2.38 bits per heavy atom. The number of likely N-dealkylation sites (tertiary alicyclic amines) is 1. The summed E-state index contributed by atoms with van der Waals surface area (Å²) in [6.45, 7) is 5.04. The minimum atomic E-state index is -0.0807. The van der Waals surface area contributed by atoms with Gasteiger partial charge in [0.2, 0.25) is 0 Å². The minimum Gasteiger partial charge on any atom is -0.360 e. The molecule has 7 nitrogen and oxygen atoms in total. The molecule has 0 aliphatic carbocycles. The standard InChI is InChI=1S/C29H30N4O3S/c1-19(21-10-6-4-7-11-21)32(3)28(34)24-18-37-27(30-24)23-14-16-33(17-15-23)29(35)25-20(2)36-31-26(25)22-12-8-5-9-13-22/h4-13,18-19,23H,14-17H2,1-3H3. The van der Waals surface area contributed by atoms with Crippen molar-refractivity contribution < 1.29 is 14.1 Å². The Labute approximate surface area is 220 Å². The fraction of sp³-hybridized carbons (Fsp3) is 0.310. The van der Waals surface area contributed by atoms with Crippen LogP contribution in [-0.2, 0) is 0 Å². The molecule has 1 aliphatic rings. The third kappa shape index (κ3) is 5.06. The van der Waals surface area contributed by atoms with Crippen LogP contribution in [0.15, 0.2) is 70.6 Å². The maximum atomic E-state index is 13.4. The van der Waals surface area contributed by atoms with Crippen LogP contribution in [0.4, 0.5) is 0 Å². The average molecular weight is 515 g/mol. The quantitative estimate of drug-likeness (QED) is 0.317. The number of aryl methyl sites for hydroxylation is 1. The summed E-state index contributed by atoms with van der Waals surface area (Å²) in [5.74, 6) is 0.623. The van der Waals surface area contributed by atoms with Crippen LogP contribution >= 0.6 is 11.3 Å². The number of thiazole rings is 1. The number of hydrogen-bond donors (Lipinski definition) is 0. The van der Waals surface area contributed by atoms with E-state index in [1.54, 1.807) is 11.8 Å². The Morgan fingerprint density at radius 1 is 1.05 bits per heavy atom. The molecule has 2 amide bonds. The number of rotatable bonds is 6. The van der Waals surface area contributed by atoms with Gasteiger partial charge in [-0.25, -0.2) is 4.98 Å². The smallest absolute Gasteiger partial charge is 0.273 e. The summed E-state index contributed by atoms with van der Waals surface area (Å²) < 4.78 is 5.40. The van der Waals surface area contributed by atoms with Crippen LogP contribution in [0.2, 0.25) is 0 Å². The predicted octanol–water partition coefficient (Wildman–Crippen LogP) is 5.96. The molecule has 1 atom stereocenters. The summed E-state index contributed by atoms with van der Waals surface area (Å²) in [7, 11) is 1.82. The Morgan fingerprint density at radius 2 is 1.70 bits per heavy atom. The lowest BCUT2D eigenvalue weighted by atomic mass is 9.96. The highest BCUT2D eigenvalue weighted by Crippen LogP contribution is 2.33. The fourth-order valence-electron chi connectivity index (χ4n) is 4.79. The van der Waals surface area contributed by atoms with Gasteiger partial charge in [-0.3, -0.25) is 9.59 Å². The van der Waals surface area contributed by atoms with Gasteiger partial charge in [0.1, 0.15) is 22.7 Å². The molecule has 1 saturated heterocycles. The largest absolute Gasteiger partial charge is 0.360 e. The molecule has 1 unspecified atom stereocenters. The number of amides is 2. The molecule has 4 aromatic rings. The van der Waals surface area contributed by atoms with Gasteiger partial charge in [-0.1, -0.05) is 65.8 Å². The Bertz CT molecular complexity index is 1370. The number of carbonyl (C=O) groups excluding carboxylic acids is 2. The number of piperidine rings is 1. The molecule has 0 bridgehead atoms. The van der Waals surface area contributed by atoms with Gasteiger partial charge >= 0.3 is 0 Å². The zero-order valence-electron chi connectivity index (χ0n) is 21.3. The first kappa shape index (κ1) is 24.9. The highest BCUT2D eigenvalue weighted by Gasteiger charge is 2.31. The second-order valence-electron chi connectivity index (χ2n) is 9.47. The molecule has 0 radical (unpaired) electrons. The van der Waals surface area contributed by atoms with E-state index in [1.165, 1.54) is 11.3 Å². The maximum Gasteiger partial charge on any atom is 0.273 e. The topological polar surface area (TPSA) is 79.5 Å². The van der Waals surface area contributed by atoms with Crippen molar-refractivity contribution >= 4 is 23.2 Å². The molecule has 1 aliphatic heterocycles. The van der Waals surface area contributed by atoms with Crippen molar-refractivity contribution in [1.29, 1.82) is 0 Å². The molecular formula is C29H30N4O3S. The Kier molecular flexibility index (Phi) is 7.19. The van der Waals surface area contributed by atoms with Gasteiger partial charge in [-0.15, -0.1) is 11.3 Å². The summed E-state index contributed by atoms with van der Waals surface area (Å²) >= 11 is 1.53. The first-order chi connectivity index (χ1) is 17.9. The van der Waals surface area contributed by atoms with Gasteiger partial charge in [-0.2, -0.15) is 0 Å². The van der Waals surface area contributed by atoms with E-state index in [-0.39, 0.29) is 23.8 Å². The summed E-state index contributed by atoms with van der Waals surface area (Å²) in [4.78, 5) is 34.9. The molecule has 2 aromatic heterocycles. The number of benzene rings is 2. The second kappa shape index (κ2) is 10.7. The van der Waals surface area contributed by atoms with Gasteiger partial charge in [0.25, 0.3) is 11.8 Å². The first-order valence-electron chi connectivity index (χ1n) is 12.5. The van der Waals surface area contributed by atoms with Crippen molar-refractivity contribution in [2.24, 2.45) is 0 Å². The van der Waals surface area contributed by atoms with E-state index in [0.717, 1.165) is 29.0 Å². The van der Waals surface area contributed by atoms with Gasteiger partial charge in [0.05, 0.1) is 11.0 Å². The van der Waals surface area contributed by atoms with E-state index < -0.39 is 0 Å². The molecule has 1 fully saturated rings. The van der Waals surface area contributed by atoms with E-state index in [9.17, 15) is 9.59 Å². The third-order valence-corrected chi connectivity index (χ3v) is 8.19. The molecule has 0 N–H and O–H groups in total. The SMILES string of the molecule is Cc1onc(-c2ccccc2)c1C(=O)N1CCC(c2nc(C(=O)N(C)C(C)c3ccccc3)cs2)CC1. The van der Waals surface area contributed by atoms with E-state index in [2.05, 4.69) is 5.16 Å². The lowest BCUT2D eigenvalue weighted by molar-refractivity contribution is 0.0711. The Balaban J connectivity index is 1.23. The van der Waals surface area contributed by atoms with Crippen molar-refractivity contribution in [2.75, 3.05) is 20.1 Å². The van der Waals surface area contributed by atoms with Gasteiger partial charge < -0.3 is 14.3 Å². The number of hydrogen-bond acceptors (Lipinski definition) is 6. The van der Waals surface area contributed by atoms with Gasteiger partial charge in [0, 0.05) is 37.0 Å². The van der Waals surface area contributed by atoms with Crippen molar-refractivity contribution in [3.05, 3.63) is 93.6 Å². The molecule has 0 spiro atoms. The highest BCUT2D eigenvalue weighted by atomic mass is 32.1. The fourth-order valence-corrected chi connectivity index (χ4v) is 5.75. The lowest BCUT2D eigenvalue weighted by Gasteiger charge is -2.31. The van der Waals surface area contributed by atoms with Crippen LogP contribution in [0.5, 0.6) is 0 Å². The minimum absolute atomic E-state index is 0.0465. The molecule has 37 heavy (non-hydrogen) atoms. The molecule has 2 aromatic carbocycles. The summed E-state index contributed by atoms with van der Waals surface area (Å²) in [5, 5.41) is 6.98. The predicted molar refractivity (Wildman–Crippen MR) is 144 cm³/mol. The summed E-state index contributed by atoms with van der Waals surface area (Å²) in [5.41, 5.74) is 3.55. The molecule has 5 rings (SSSR count). The van der Waals surface area contributed by atoms with Crippen LogP contribution in [0.25, 0.3) is 11.3 Å². The third-order valence-electron chi connectivity index (χ3n) is 7.18. The number of nitrogens with zero attached hydrogens (tertiary/aromatic N) is 4. The normalized spacial score (nSPS) is 14.9. The highest BCUT2D eigenvalue weighted by molar-refractivity contribution is 7.09. The lowest BCUT2D eigenvalue weighted by Crippen LogP contribution is -2.38. The van der Waals surface area contributed by atoms with E-state index in [4.69, 9.17) is 9.51 Å². The molecule has 0 saturated carbocycles. The van der Waals surface area contributed by atoms with Crippen LogP contribution in [-0.4, -0.2) is 51.9 Å². The molecular weight excluding hydrogens is 484 g/mol. The van der Waals surface area contributed by atoms with E-state index in [0.29, 0.717) is 35.8 Å². The number of aromatic nitrogens is 2. The van der Waals surface area contributed by atoms with Crippen LogP contribution in [0.1, 0.15) is 68.9 Å². The van der Waals surface area contributed by atoms with Gasteiger partial charge in [-0.05, 0) is 32.3 Å². The monoisotopic (exact) mass is 514 g/mol. The zero-order valence-corrected chi connectivity index (χ0v) is 22.1. The number of carbonyl (C=O) groups is 2. The second-order valence-corrected chi connectivity index (χ2v) is 10.4. The zero-order chi connectivity index (χ0) is 25.9. The van der Waals surface area contributed by atoms with Crippen LogP contribution in [0.3, 0.4) is 0 Å². The summed E-state index contributed by atoms with van der Waals surface area (Å²) in [6, 6.07) is 19.6. The Hall–Kier alpha value is -3.78.